The molecule has 1 saturated heterocycles. The molecule has 1 fully saturated rings. The van der Waals surface area contributed by atoms with E-state index in [0.29, 0.717) is 17.7 Å². The lowest BCUT2D eigenvalue weighted by Gasteiger charge is -2.19. The Morgan fingerprint density at radius 2 is 1.77 bits per heavy atom. The maximum atomic E-state index is 12.2. The van der Waals surface area contributed by atoms with Crippen molar-refractivity contribution in [2.75, 3.05) is 19.6 Å². The van der Waals surface area contributed by atoms with E-state index in [0.717, 1.165) is 9.80 Å². The molecule has 1 N–H and O–H groups in total. The van der Waals surface area contributed by atoms with Gasteiger partial charge in [0.25, 0.3) is 17.7 Å². The number of hydrogen-bond donors (Lipinski definition) is 1. The molecule has 0 aromatic heterocycles. The van der Waals surface area contributed by atoms with E-state index >= 15 is 0 Å². The van der Waals surface area contributed by atoms with E-state index in [-0.39, 0.29) is 19.5 Å². The zero-order valence-corrected chi connectivity index (χ0v) is 14.1. The van der Waals surface area contributed by atoms with Crippen LogP contribution in [-0.4, -0.2) is 65.3 Å². The van der Waals surface area contributed by atoms with E-state index in [4.69, 9.17) is 4.74 Å². The minimum Gasteiger partial charge on any atom is -0.452 e. The molecule has 0 aliphatic carbocycles. The van der Waals surface area contributed by atoms with E-state index in [2.05, 4.69) is 5.32 Å². The van der Waals surface area contributed by atoms with Crippen LogP contribution in [0, 0.1) is 0 Å². The molecular weight excluding hydrogens is 342 g/mol. The van der Waals surface area contributed by atoms with Crippen molar-refractivity contribution in [2.45, 2.75) is 19.4 Å². The molecule has 1 aromatic rings. The lowest BCUT2D eigenvalue weighted by atomic mass is 10.1. The number of urea groups is 1. The molecule has 0 saturated carbocycles. The Morgan fingerprint density at radius 1 is 1.15 bits per heavy atom. The van der Waals surface area contributed by atoms with Crippen molar-refractivity contribution in [1.29, 1.82) is 0 Å². The molecule has 136 valence electrons. The van der Waals surface area contributed by atoms with Crippen LogP contribution in [0.3, 0.4) is 0 Å². The second-order valence-corrected chi connectivity index (χ2v) is 5.91. The Labute approximate surface area is 148 Å². The number of carbonyl (C=O) groups excluding carboxylic acids is 5. The summed E-state index contributed by atoms with van der Waals surface area (Å²) in [5, 5.41) is 2.48. The lowest BCUT2D eigenvalue weighted by Crippen LogP contribution is -2.42. The summed E-state index contributed by atoms with van der Waals surface area (Å²) >= 11 is 0. The van der Waals surface area contributed by atoms with Crippen molar-refractivity contribution in [1.82, 2.24) is 15.1 Å². The SMILES string of the molecule is C[C@@H](OC(=O)CCN1C(=O)c2ccccc2C1=O)C(=O)N1CCNC1=O. The van der Waals surface area contributed by atoms with Crippen LogP contribution in [0.4, 0.5) is 4.79 Å². The van der Waals surface area contributed by atoms with Crippen molar-refractivity contribution >= 4 is 29.7 Å². The highest BCUT2D eigenvalue weighted by atomic mass is 16.5. The molecule has 3 rings (SSSR count). The number of nitrogens with one attached hydrogen (secondary N) is 1. The summed E-state index contributed by atoms with van der Waals surface area (Å²) in [6.07, 6.45) is -1.37. The third-order valence-electron chi connectivity index (χ3n) is 4.20. The predicted octanol–water partition coefficient (Wildman–Crippen LogP) is 0.156. The van der Waals surface area contributed by atoms with Gasteiger partial charge in [-0.15, -0.1) is 0 Å². The van der Waals surface area contributed by atoms with Crippen LogP contribution in [0.15, 0.2) is 24.3 Å². The maximum absolute atomic E-state index is 12.2. The quantitative estimate of drug-likeness (QED) is 0.592. The zero-order chi connectivity index (χ0) is 18.8. The van der Waals surface area contributed by atoms with Gasteiger partial charge in [0.2, 0.25) is 0 Å². The summed E-state index contributed by atoms with van der Waals surface area (Å²) in [6.45, 7) is 1.80. The minimum atomic E-state index is -1.13. The van der Waals surface area contributed by atoms with E-state index in [1.807, 2.05) is 0 Å². The second kappa shape index (κ2) is 6.95. The van der Waals surface area contributed by atoms with Gasteiger partial charge in [0.15, 0.2) is 6.10 Å². The first-order chi connectivity index (χ1) is 12.4. The van der Waals surface area contributed by atoms with E-state index in [9.17, 15) is 24.0 Å². The molecule has 2 heterocycles. The van der Waals surface area contributed by atoms with Gasteiger partial charge in [-0.25, -0.2) is 4.79 Å². The fourth-order valence-electron chi connectivity index (χ4n) is 2.85. The van der Waals surface area contributed by atoms with Gasteiger partial charge < -0.3 is 10.1 Å². The summed E-state index contributed by atoms with van der Waals surface area (Å²) in [5.41, 5.74) is 0.601. The third-order valence-corrected chi connectivity index (χ3v) is 4.20. The Morgan fingerprint density at radius 3 is 2.31 bits per heavy atom. The van der Waals surface area contributed by atoms with Gasteiger partial charge in [-0.05, 0) is 19.1 Å². The van der Waals surface area contributed by atoms with Crippen LogP contribution in [0.5, 0.6) is 0 Å². The van der Waals surface area contributed by atoms with Crippen LogP contribution >= 0.6 is 0 Å². The summed E-state index contributed by atoms with van der Waals surface area (Å²) in [5.74, 6) is -2.27. The maximum Gasteiger partial charge on any atom is 0.324 e. The number of nitrogens with zero attached hydrogens (tertiary/aromatic N) is 2. The zero-order valence-electron chi connectivity index (χ0n) is 14.1. The monoisotopic (exact) mass is 359 g/mol. The standard InChI is InChI=1S/C17H17N3O6/c1-10(14(22)20-9-7-18-17(20)25)26-13(21)6-8-19-15(23)11-4-2-3-5-12(11)16(19)24/h2-5,10H,6-9H2,1H3,(H,18,25)/t10-/m1/s1. The van der Waals surface area contributed by atoms with E-state index < -0.39 is 35.8 Å². The number of fused-ring (bicyclic) bond motifs is 1. The van der Waals surface area contributed by atoms with E-state index in [1.165, 1.54) is 6.92 Å². The fraction of sp³-hybridized carbons (Fsp3) is 0.353. The van der Waals surface area contributed by atoms with Crippen LogP contribution in [-0.2, 0) is 14.3 Å². The van der Waals surface area contributed by atoms with Gasteiger partial charge >= 0.3 is 12.0 Å². The van der Waals surface area contributed by atoms with Crippen molar-refractivity contribution in [3.63, 3.8) is 0 Å². The van der Waals surface area contributed by atoms with E-state index in [1.54, 1.807) is 24.3 Å². The van der Waals surface area contributed by atoms with Gasteiger partial charge in [-0.3, -0.25) is 29.0 Å². The molecular formula is C17H17N3O6. The molecule has 0 bridgehead atoms. The van der Waals surface area contributed by atoms with Crippen LogP contribution in [0.25, 0.3) is 0 Å². The molecule has 9 heteroatoms. The summed E-state index contributed by atoms with van der Waals surface area (Å²) in [7, 11) is 0. The Bertz CT molecular complexity index is 770. The number of imide groups is 2. The van der Waals surface area contributed by atoms with Gasteiger partial charge in [-0.1, -0.05) is 12.1 Å². The first kappa shape index (κ1) is 17.6. The number of esters is 1. The molecule has 5 amide bonds. The second-order valence-electron chi connectivity index (χ2n) is 5.91. The number of ether oxygens (including phenoxy) is 1. The van der Waals surface area contributed by atoms with Crippen molar-refractivity contribution < 1.29 is 28.7 Å². The molecule has 2 aliphatic heterocycles. The minimum absolute atomic E-state index is 0.143. The molecule has 0 spiro atoms. The van der Waals surface area contributed by atoms with Gasteiger partial charge in [0.05, 0.1) is 17.5 Å². The first-order valence-electron chi connectivity index (χ1n) is 8.14. The summed E-state index contributed by atoms with van der Waals surface area (Å²) in [4.78, 5) is 61.9. The van der Waals surface area contributed by atoms with Crippen LogP contribution in [0.1, 0.15) is 34.1 Å². The summed E-state index contributed by atoms with van der Waals surface area (Å²) in [6, 6.07) is 5.89. The highest BCUT2D eigenvalue weighted by Crippen LogP contribution is 2.22. The smallest absolute Gasteiger partial charge is 0.324 e. The molecule has 1 aromatic carbocycles. The summed E-state index contributed by atoms with van der Waals surface area (Å²) < 4.78 is 5.02. The Kier molecular flexibility index (Phi) is 4.70. The fourth-order valence-corrected chi connectivity index (χ4v) is 2.85. The largest absolute Gasteiger partial charge is 0.452 e. The molecule has 9 nitrogen and oxygen atoms in total. The molecule has 1 atom stereocenters. The molecule has 26 heavy (non-hydrogen) atoms. The van der Waals surface area contributed by atoms with Crippen molar-refractivity contribution in [3.05, 3.63) is 35.4 Å². The van der Waals surface area contributed by atoms with Gasteiger partial charge in [-0.2, -0.15) is 0 Å². The predicted molar refractivity (Wildman–Crippen MR) is 87.1 cm³/mol. The number of amides is 5. The molecule has 2 aliphatic rings. The van der Waals surface area contributed by atoms with Crippen molar-refractivity contribution in [3.8, 4) is 0 Å². The Balaban J connectivity index is 1.53. The van der Waals surface area contributed by atoms with Gasteiger partial charge in [0.1, 0.15) is 0 Å². The highest BCUT2D eigenvalue weighted by molar-refractivity contribution is 6.21. The number of hydrogen-bond acceptors (Lipinski definition) is 6. The molecule has 0 radical (unpaired) electrons. The number of benzene rings is 1. The average Bonchev–Trinajstić information content (AvgIpc) is 3.15. The lowest BCUT2D eigenvalue weighted by molar-refractivity contribution is -0.157. The van der Waals surface area contributed by atoms with Crippen LogP contribution in [0.2, 0.25) is 0 Å². The number of carbonyl (C=O) groups is 5. The highest BCUT2D eigenvalue weighted by Gasteiger charge is 2.36. The molecule has 0 unspecified atom stereocenters. The average molecular weight is 359 g/mol. The third kappa shape index (κ3) is 3.15. The number of rotatable bonds is 5. The van der Waals surface area contributed by atoms with Gasteiger partial charge in [0, 0.05) is 19.6 Å². The topological polar surface area (TPSA) is 113 Å². The Hall–Kier alpha value is -3.23. The van der Waals surface area contributed by atoms with Crippen LogP contribution < -0.4 is 5.32 Å². The first-order valence-corrected chi connectivity index (χ1v) is 8.14. The normalized spacial score (nSPS) is 17.2. The van der Waals surface area contributed by atoms with Crippen molar-refractivity contribution in [2.24, 2.45) is 0 Å².